The number of ether oxygens (including phenoxy) is 2. The van der Waals surface area contributed by atoms with Gasteiger partial charge in [-0.1, -0.05) is 6.07 Å². The Hall–Kier alpha value is -2.04. The highest BCUT2D eigenvalue weighted by Gasteiger charge is 2.06. The molecule has 0 bridgehead atoms. The molecule has 0 radical (unpaired) electrons. The number of carbonyl (C=O) groups is 2. The predicted octanol–water partition coefficient (Wildman–Crippen LogP) is 1.33. The van der Waals surface area contributed by atoms with Crippen LogP contribution in [0.1, 0.15) is 17.3 Å². The molecule has 5 heteroatoms. The van der Waals surface area contributed by atoms with E-state index in [1.165, 1.54) is 12.1 Å². The van der Waals surface area contributed by atoms with Gasteiger partial charge in [0.25, 0.3) is 0 Å². The van der Waals surface area contributed by atoms with Crippen molar-refractivity contribution in [3.63, 3.8) is 0 Å². The molecule has 0 aliphatic carbocycles. The van der Waals surface area contributed by atoms with Gasteiger partial charge in [-0.15, -0.1) is 0 Å². The number of carboxylic acid groups (broad SMARTS) is 1. The molecule has 16 heavy (non-hydrogen) atoms. The highest BCUT2D eigenvalue weighted by atomic mass is 16.6. The van der Waals surface area contributed by atoms with Crippen LogP contribution >= 0.6 is 0 Å². The fourth-order valence-electron chi connectivity index (χ4n) is 1.06. The van der Waals surface area contributed by atoms with E-state index in [1.807, 2.05) is 0 Å². The van der Waals surface area contributed by atoms with Crippen LogP contribution in [0.5, 0.6) is 5.75 Å². The number of benzene rings is 1. The monoisotopic (exact) mass is 224 g/mol. The topological polar surface area (TPSA) is 72.8 Å². The number of carboxylic acids is 1. The van der Waals surface area contributed by atoms with Crippen LogP contribution in [-0.2, 0) is 9.53 Å². The van der Waals surface area contributed by atoms with Crippen molar-refractivity contribution in [3.8, 4) is 5.75 Å². The summed E-state index contributed by atoms with van der Waals surface area (Å²) >= 11 is 0. The summed E-state index contributed by atoms with van der Waals surface area (Å²) in [7, 11) is 0. The summed E-state index contributed by atoms with van der Waals surface area (Å²) in [4.78, 5) is 21.6. The van der Waals surface area contributed by atoms with Gasteiger partial charge >= 0.3 is 11.9 Å². The molecule has 0 aromatic heterocycles. The Balaban J connectivity index is 2.57. The lowest BCUT2D eigenvalue weighted by Crippen LogP contribution is -2.14. The van der Waals surface area contributed by atoms with Crippen molar-refractivity contribution in [1.82, 2.24) is 0 Å². The smallest absolute Gasteiger partial charge is 0.344 e. The molecule has 86 valence electrons. The Morgan fingerprint density at radius 3 is 2.75 bits per heavy atom. The first-order chi connectivity index (χ1) is 7.63. The van der Waals surface area contributed by atoms with Gasteiger partial charge in [0.05, 0.1) is 12.2 Å². The Labute approximate surface area is 92.6 Å². The summed E-state index contributed by atoms with van der Waals surface area (Å²) in [5.41, 5.74) is 0.112. The number of carbonyl (C=O) groups excluding carboxylic acids is 1. The first-order valence-electron chi connectivity index (χ1n) is 4.75. The number of hydrogen-bond acceptors (Lipinski definition) is 4. The number of rotatable bonds is 5. The molecule has 0 atom stereocenters. The molecule has 0 spiro atoms. The van der Waals surface area contributed by atoms with E-state index in [9.17, 15) is 9.59 Å². The highest BCUT2D eigenvalue weighted by molar-refractivity contribution is 5.88. The average Bonchev–Trinajstić information content (AvgIpc) is 2.27. The van der Waals surface area contributed by atoms with Crippen molar-refractivity contribution in [2.24, 2.45) is 0 Å². The van der Waals surface area contributed by atoms with Crippen LogP contribution in [0.2, 0.25) is 0 Å². The quantitative estimate of drug-likeness (QED) is 0.764. The highest BCUT2D eigenvalue weighted by Crippen LogP contribution is 2.13. The van der Waals surface area contributed by atoms with Gasteiger partial charge < -0.3 is 14.6 Å². The predicted molar refractivity (Wildman–Crippen MR) is 55.5 cm³/mol. The minimum absolute atomic E-state index is 0.112. The zero-order chi connectivity index (χ0) is 12.0. The van der Waals surface area contributed by atoms with E-state index in [0.717, 1.165) is 0 Å². The van der Waals surface area contributed by atoms with Crippen LogP contribution in [-0.4, -0.2) is 30.3 Å². The lowest BCUT2D eigenvalue weighted by Gasteiger charge is -2.05. The first kappa shape index (κ1) is 12.0. The van der Waals surface area contributed by atoms with Crippen molar-refractivity contribution < 1.29 is 24.2 Å². The van der Waals surface area contributed by atoms with Crippen LogP contribution in [0.15, 0.2) is 24.3 Å². The number of esters is 1. The van der Waals surface area contributed by atoms with Crippen LogP contribution in [0.3, 0.4) is 0 Å². The van der Waals surface area contributed by atoms with Gasteiger partial charge in [0.2, 0.25) is 0 Å². The lowest BCUT2D eigenvalue weighted by atomic mass is 10.2. The minimum Gasteiger partial charge on any atom is -0.482 e. The maximum atomic E-state index is 11.0. The van der Waals surface area contributed by atoms with Crippen LogP contribution in [0, 0.1) is 0 Å². The summed E-state index contributed by atoms with van der Waals surface area (Å²) in [6.45, 7) is 1.76. The molecule has 0 aliphatic rings. The van der Waals surface area contributed by atoms with Crippen molar-refractivity contribution in [2.45, 2.75) is 6.92 Å². The normalized spacial score (nSPS) is 9.56. The zero-order valence-corrected chi connectivity index (χ0v) is 8.80. The largest absolute Gasteiger partial charge is 0.482 e. The Kier molecular flexibility index (Phi) is 4.32. The molecule has 1 aromatic carbocycles. The van der Waals surface area contributed by atoms with Gasteiger partial charge in [-0.05, 0) is 25.1 Å². The lowest BCUT2D eigenvalue weighted by molar-refractivity contribution is -0.145. The Bertz CT molecular complexity index is 386. The number of hydrogen-bond donors (Lipinski definition) is 1. The maximum absolute atomic E-state index is 11.0. The second kappa shape index (κ2) is 5.75. The van der Waals surface area contributed by atoms with Crippen molar-refractivity contribution in [3.05, 3.63) is 29.8 Å². The Morgan fingerprint density at radius 1 is 1.38 bits per heavy atom. The van der Waals surface area contributed by atoms with Crippen molar-refractivity contribution in [2.75, 3.05) is 13.2 Å². The summed E-state index contributed by atoms with van der Waals surface area (Å²) in [6.07, 6.45) is 0. The maximum Gasteiger partial charge on any atom is 0.344 e. The van der Waals surface area contributed by atoms with Gasteiger partial charge in [0.1, 0.15) is 5.75 Å². The van der Waals surface area contributed by atoms with E-state index in [1.54, 1.807) is 19.1 Å². The molecule has 1 aromatic rings. The minimum atomic E-state index is -1.04. The summed E-state index contributed by atoms with van der Waals surface area (Å²) in [6, 6.07) is 5.91. The van der Waals surface area contributed by atoms with Gasteiger partial charge in [-0.2, -0.15) is 0 Å². The van der Waals surface area contributed by atoms with Gasteiger partial charge in [0.15, 0.2) is 6.61 Å². The molecule has 0 aliphatic heterocycles. The van der Waals surface area contributed by atoms with E-state index in [0.29, 0.717) is 5.75 Å². The van der Waals surface area contributed by atoms with Crippen molar-refractivity contribution >= 4 is 11.9 Å². The fourth-order valence-corrected chi connectivity index (χ4v) is 1.06. The van der Waals surface area contributed by atoms with Crippen LogP contribution < -0.4 is 4.74 Å². The molecule has 0 saturated heterocycles. The third-order valence-electron chi connectivity index (χ3n) is 1.74. The molecule has 0 fully saturated rings. The van der Waals surface area contributed by atoms with Crippen LogP contribution in [0.25, 0.3) is 0 Å². The molecular formula is C11H12O5. The van der Waals surface area contributed by atoms with Crippen LogP contribution in [0.4, 0.5) is 0 Å². The SMILES string of the molecule is CCOC(=O)COc1cccc(C(=O)O)c1. The van der Waals surface area contributed by atoms with Gasteiger partial charge in [-0.25, -0.2) is 9.59 Å². The van der Waals surface area contributed by atoms with E-state index in [-0.39, 0.29) is 18.8 Å². The molecule has 0 heterocycles. The summed E-state index contributed by atoms with van der Waals surface area (Å²) in [5, 5.41) is 8.72. The van der Waals surface area contributed by atoms with Gasteiger partial charge in [-0.3, -0.25) is 0 Å². The molecule has 0 saturated carbocycles. The standard InChI is InChI=1S/C11H12O5/c1-2-15-10(12)7-16-9-5-3-4-8(6-9)11(13)14/h3-6H,2,7H2,1H3,(H,13,14). The van der Waals surface area contributed by atoms with Gasteiger partial charge in [0, 0.05) is 0 Å². The summed E-state index contributed by atoms with van der Waals surface area (Å²) in [5.74, 6) is -1.20. The molecule has 5 nitrogen and oxygen atoms in total. The third-order valence-corrected chi connectivity index (χ3v) is 1.74. The summed E-state index contributed by atoms with van der Waals surface area (Å²) < 4.78 is 9.73. The second-order valence-corrected chi connectivity index (χ2v) is 2.93. The third kappa shape index (κ3) is 3.61. The molecular weight excluding hydrogens is 212 g/mol. The number of aromatic carboxylic acids is 1. The Morgan fingerprint density at radius 2 is 2.12 bits per heavy atom. The van der Waals surface area contributed by atoms with E-state index in [2.05, 4.69) is 4.74 Å². The molecule has 1 rings (SSSR count). The zero-order valence-electron chi connectivity index (χ0n) is 8.80. The van der Waals surface area contributed by atoms with E-state index in [4.69, 9.17) is 9.84 Å². The average molecular weight is 224 g/mol. The second-order valence-electron chi connectivity index (χ2n) is 2.93. The van der Waals surface area contributed by atoms with Crippen molar-refractivity contribution in [1.29, 1.82) is 0 Å². The molecule has 0 amide bonds. The molecule has 1 N–H and O–H groups in total. The molecule has 0 unspecified atom stereocenters. The first-order valence-corrected chi connectivity index (χ1v) is 4.75. The van der Waals surface area contributed by atoms with E-state index < -0.39 is 11.9 Å². The fraction of sp³-hybridized carbons (Fsp3) is 0.273. The van der Waals surface area contributed by atoms with E-state index >= 15 is 0 Å².